The van der Waals surface area contributed by atoms with Crippen molar-refractivity contribution in [1.82, 2.24) is 14.9 Å². The van der Waals surface area contributed by atoms with Crippen molar-refractivity contribution >= 4 is 16.9 Å². The molecule has 2 heterocycles. The maximum Gasteiger partial charge on any atom is 0.226 e. The lowest BCUT2D eigenvalue weighted by molar-refractivity contribution is 0.230. The number of hydrogen-bond acceptors (Lipinski definition) is 5. The van der Waals surface area contributed by atoms with Gasteiger partial charge < -0.3 is 15.0 Å². The number of likely N-dealkylation sites (tertiary alicyclic amines) is 1. The maximum absolute atomic E-state index is 5.95. The lowest BCUT2D eigenvalue weighted by atomic mass is 10.1. The van der Waals surface area contributed by atoms with Crippen LogP contribution in [-0.2, 0) is 0 Å². The number of anilines is 1. The number of aromatic nitrogens is 2. The van der Waals surface area contributed by atoms with Crippen molar-refractivity contribution < 1.29 is 4.74 Å². The topological polar surface area (TPSA) is 50.3 Å². The molecule has 0 aliphatic carbocycles. The van der Waals surface area contributed by atoms with Gasteiger partial charge in [0.1, 0.15) is 0 Å². The maximum atomic E-state index is 5.95. The minimum atomic E-state index is 0.599. The normalized spacial score (nSPS) is 19.0. The summed E-state index contributed by atoms with van der Waals surface area (Å²) in [4.78, 5) is 11.3. The summed E-state index contributed by atoms with van der Waals surface area (Å²) in [5.74, 6) is 1.27. The third-order valence-electron chi connectivity index (χ3n) is 4.15. The highest BCUT2D eigenvalue weighted by Crippen LogP contribution is 2.24. The van der Waals surface area contributed by atoms with Crippen LogP contribution in [0.2, 0.25) is 0 Å². The van der Waals surface area contributed by atoms with Crippen LogP contribution in [0.3, 0.4) is 0 Å². The Labute approximate surface area is 125 Å². The van der Waals surface area contributed by atoms with Crippen molar-refractivity contribution in [2.24, 2.45) is 0 Å². The van der Waals surface area contributed by atoms with Crippen molar-refractivity contribution in [2.75, 3.05) is 32.6 Å². The number of benzene rings is 1. The smallest absolute Gasteiger partial charge is 0.226 e. The molecular weight excluding hydrogens is 264 g/mol. The highest BCUT2D eigenvalue weighted by Gasteiger charge is 2.20. The summed E-state index contributed by atoms with van der Waals surface area (Å²) in [5.41, 5.74) is 0.907. The number of para-hydroxylation sites is 1. The zero-order valence-corrected chi connectivity index (χ0v) is 12.7. The third kappa shape index (κ3) is 3.08. The first-order valence-corrected chi connectivity index (χ1v) is 7.55. The van der Waals surface area contributed by atoms with E-state index in [1.807, 2.05) is 31.3 Å². The molecule has 0 saturated carbocycles. The monoisotopic (exact) mass is 286 g/mol. The van der Waals surface area contributed by atoms with E-state index in [1.54, 1.807) is 0 Å². The summed E-state index contributed by atoms with van der Waals surface area (Å²) in [6.45, 7) is 1.89. The molecule has 1 atom stereocenters. The van der Waals surface area contributed by atoms with Gasteiger partial charge in [-0.3, -0.25) is 0 Å². The average molecular weight is 286 g/mol. The van der Waals surface area contributed by atoms with Crippen molar-refractivity contribution in [1.29, 1.82) is 0 Å². The predicted molar refractivity (Wildman–Crippen MR) is 84.8 cm³/mol. The van der Waals surface area contributed by atoms with E-state index in [4.69, 9.17) is 4.74 Å². The fourth-order valence-corrected chi connectivity index (χ4v) is 2.90. The Kier molecular flexibility index (Phi) is 4.20. The Morgan fingerprint density at radius 2 is 2.19 bits per heavy atom. The SMILES string of the molecule is CNc1nc(OCCC2CCCN2C)c2ccccc2n1. The zero-order chi connectivity index (χ0) is 14.7. The Morgan fingerprint density at radius 1 is 1.33 bits per heavy atom. The summed E-state index contributed by atoms with van der Waals surface area (Å²) in [6.07, 6.45) is 3.61. The van der Waals surface area contributed by atoms with Crippen molar-refractivity contribution in [3.63, 3.8) is 0 Å². The molecule has 5 heteroatoms. The molecule has 2 aromatic rings. The van der Waals surface area contributed by atoms with Gasteiger partial charge in [-0.15, -0.1) is 0 Å². The second kappa shape index (κ2) is 6.26. The van der Waals surface area contributed by atoms with Crippen LogP contribution in [0.25, 0.3) is 10.9 Å². The van der Waals surface area contributed by atoms with Crippen LogP contribution in [0.4, 0.5) is 5.95 Å². The number of hydrogen-bond donors (Lipinski definition) is 1. The van der Waals surface area contributed by atoms with E-state index in [9.17, 15) is 0 Å². The fourth-order valence-electron chi connectivity index (χ4n) is 2.90. The summed E-state index contributed by atoms with van der Waals surface area (Å²) in [6, 6.07) is 8.59. The summed E-state index contributed by atoms with van der Waals surface area (Å²) in [5, 5.41) is 3.96. The molecule has 0 amide bonds. The van der Waals surface area contributed by atoms with Gasteiger partial charge in [0.25, 0.3) is 0 Å². The van der Waals surface area contributed by atoms with E-state index < -0.39 is 0 Å². The molecule has 112 valence electrons. The van der Waals surface area contributed by atoms with Crippen LogP contribution >= 0.6 is 0 Å². The van der Waals surface area contributed by atoms with Gasteiger partial charge in [-0.2, -0.15) is 4.98 Å². The molecule has 0 spiro atoms. The number of fused-ring (bicyclic) bond motifs is 1. The third-order valence-corrected chi connectivity index (χ3v) is 4.15. The molecule has 1 fully saturated rings. The van der Waals surface area contributed by atoms with Crippen LogP contribution in [0.1, 0.15) is 19.3 Å². The van der Waals surface area contributed by atoms with Crippen LogP contribution in [0, 0.1) is 0 Å². The number of rotatable bonds is 5. The van der Waals surface area contributed by atoms with Gasteiger partial charge in [0.2, 0.25) is 11.8 Å². The van der Waals surface area contributed by atoms with E-state index in [1.165, 1.54) is 19.4 Å². The van der Waals surface area contributed by atoms with E-state index in [0.717, 1.165) is 17.3 Å². The molecule has 1 aliphatic rings. The summed E-state index contributed by atoms with van der Waals surface area (Å²) < 4.78 is 5.95. The quantitative estimate of drug-likeness (QED) is 0.915. The predicted octanol–water partition coefficient (Wildman–Crippen LogP) is 2.53. The average Bonchev–Trinajstić information content (AvgIpc) is 2.92. The number of nitrogens with zero attached hydrogens (tertiary/aromatic N) is 3. The van der Waals surface area contributed by atoms with Crippen LogP contribution < -0.4 is 10.1 Å². The summed E-state index contributed by atoms with van der Waals surface area (Å²) >= 11 is 0. The Bertz CT molecular complexity index is 616. The molecule has 1 N–H and O–H groups in total. The van der Waals surface area contributed by atoms with E-state index >= 15 is 0 Å². The number of ether oxygens (including phenoxy) is 1. The Hall–Kier alpha value is -1.88. The van der Waals surface area contributed by atoms with Gasteiger partial charge in [-0.25, -0.2) is 4.98 Å². The Balaban J connectivity index is 1.73. The van der Waals surface area contributed by atoms with Gasteiger partial charge in [0, 0.05) is 13.1 Å². The molecule has 21 heavy (non-hydrogen) atoms. The molecule has 1 unspecified atom stereocenters. The Morgan fingerprint density at radius 3 is 2.95 bits per heavy atom. The lowest BCUT2D eigenvalue weighted by Crippen LogP contribution is -2.26. The fraction of sp³-hybridized carbons (Fsp3) is 0.500. The molecule has 1 aliphatic heterocycles. The van der Waals surface area contributed by atoms with Crippen LogP contribution in [-0.4, -0.2) is 48.2 Å². The van der Waals surface area contributed by atoms with Crippen molar-refractivity contribution in [3.05, 3.63) is 24.3 Å². The second-order valence-electron chi connectivity index (χ2n) is 5.53. The first-order valence-electron chi connectivity index (χ1n) is 7.55. The molecule has 0 radical (unpaired) electrons. The second-order valence-corrected chi connectivity index (χ2v) is 5.53. The van der Waals surface area contributed by atoms with Gasteiger partial charge in [-0.1, -0.05) is 12.1 Å². The minimum absolute atomic E-state index is 0.599. The van der Waals surface area contributed by atoms with Gasteiger partial charge in [0.15, 0.2) is 0 Å². The molecule has 1 saturated heterocycles. The molecule has 0 bridgehead atoms. The zero-order valence-electron chi connectivity index (χ0n) is 12.7. The molecule has 1 aromatic heterocycles. The van der Waals surface area contributed by atoms with Gasteiger partial charge in [0.05, 0.1) is 17.5 Å². The van der Waals surface area contributed by atoms with E-state index in [0.29, 0.717) is 24.5 Å². The number of nitrogens with one attached hydrogen (secondary N) is 1. The van der Waals surface area contributed by atoms with E-state index in [2.05, 4.69) is 27.2 Å². The minimum Gasteiger partial charge on any atom is -0.477 e. The molecule has 1 aromatic carbocycles. The standard InChI is InChI=1S/C16H22N4O/c1-17-16-18-14-8-4-3-7-13(14)15(19-16)21-11-9-12-6-5-10-20(12)2/h3-4,7-8,12H,5-6,9-11H2,1-2H3,(H,17,18,19). The van der Waals surface area contributed by atoms with Crippen molar-refractivity contribution in [2.45, 2.75) is 25.3 Å². The highest BCUT2D eigenvalue weighted by atomic mass is 16.5. The molecular formula is C16H22N4O. The van der Waals surface area contributed by atoms with Crippen molar-refractivity contribution in [3.8, 4) is 5.88 Å². The summed E-state index contributed by atoms with van der Waals surface area (Å²) in [7, 11) is 4.01. The van der Waals surface area contributed by atoms with Gasteiger partial charge >= 0.3 is 0 Å². The molecule has 5 nitrogen and oxygen atoms in total. The van der Waals surface area contributed by atoms with Crippen LogP contribution in [0.15, 0.2) is 24.3 Å². The first-order chi connectivity index (χ1) is 10.3. The van der Waals surface area contributed by atoms with E-state index in [-0.39, 0.29) is 0 Å². The highest BCUT2D eigenvalue weighted by molar-refractivity contribution is 5.84. The first kappa shape index (κ1) is 14.1. The van der Waals surface area contributed by atoms with Gasteiger partial charge in [-0.05, 0) is 45.0 Å². The lowest BCUT2D eigenvalue weighted by Gasteiger charge is -2.19. The van der Waals surface area contributed by atoms with Crippen LogP contribution in [0.5, 0.6) is 5.88 Å². The molecule has 3 rings (SSSR count). The largest absolute Gasteiger partial charge is 0.477 e.